The second-order valence-corrected chi connectivity index (χ2v) is 7.71. The fourth-order valence-electron chi connectivity index (χ4n) is 3.02. The first-order valence-electron chi connectivity index (χ1n) is 9.44. The standard InChI is InChI=1S/C23H20FN3O2S/c1-15-8-10-16(11-9-15)19(27-26-18-6-3-2-5-17(18)24)14-29-20-13-25-23(28)22(20)21-7-4-12-30-21/h2-12,26H,13-14H2,1H3,(H,25,28). The number of benzene rings is 2. The first-order valence-corrected chi connectivity index (χ1v) is 10.3. The molecule has 1 aliphatic heterocycles. The van der Waals surface area contributed by atoms with Crippen LogP contribution in [0, 0.1) is 12.7 Å². The molecule has 1 amide bonds. The minimum absolute atomic E-state index is 0.129. The van der Waals surface area contributed by atoms with Gasteiger partial charge in [-0.1, -0.05) is 48.0 Å². The van der Waals surface area contributed by atoms with Crippen molar-refractivity contribution >= 4 is 34.2 Å². The van der Waals surface area contributed by atoms with Crippen molar-refractivity contribution < 1.29 is 13.9 Å². The summed E-state index contributed by atoms with van der Waals surface area (Å²) in [5, 5.41) is 9.13. The highest BCUT2D eigenvalue weighted by Gasteiger charge is 2.26. The molecule has 0 saturated carbocycles. The van der Waals surface area contributed by atoms with E-state index in [9.17, 15) is 9.18 Å². The summed E-state index contributed by atoms with van der Waals surface area (Å²) >= 11 is 1.49. The van der Waals surface area contributed by atoms with Crippen LogP contribution in [-0.2, 0) is 9.53 Å². The van der Waals surface area contributed by atoms with E-state index < -0.39 is 5.82 Å². The molecular formula is C23H20FN3O2S. The lowest BCUT2D eigenvalue weighted by Gasteiger charge is -2.12. The SMILES string of the molecule is Cc1ccc(C(COC2=C(c3cccs3)C(=O)NC2)=NNc2ccccc2F)cc1. The Balaban J connectivity index is 1.60. The fraction of sp³-hybridized carbons (Fsp3) is 0.130. The average Bonchev–Trinajstić information content (AvgIpc) is 3.39. The van der Waals surface area contributed by atoms with Gasteiger partial charge in [-0.3, -0.25) is 10.2 Å². The van der Waals surface area contributed by atoms with E-state index >= 15 is 0 Å². The molecule has 0 aliphatic carbocycles. The number of hydrazone groups is 1. The molecule has 2 heterocycles. The van der Waals surface area contributed by atoms with Crippen LogP contribution in [0.4, 0.5) is 10.1 Å². The Hall–Kier alpha value is -3.45. The maximum absolute atomic E-state index is 14.0. The second kappa shape index (κ2) is 8.92. The van der Waals surface area contributed by atoms with Crippen molar-refractivity contribution in [2.75, 3.05) is 18.6 Å². The molecular weight excluding hydrogens is 401 g/mol. The summed E-state index contributed by atoms with van der Waals surface area (Å²) in [5.74, 6) is 0.0395. The third kappa shape index (κ3) is 4.41. The number of carbonyl (C=O) groups excluding carboxylic acids is 1. The molecule has 0 fully saturated rings. The van der Waals surface area contributed by atoms with Crippen LogP contribution in [0.5, 0.6) is 0 Å². The molecule has 2 aromatic carbocycles. The predicted molar refractivity (Wildman–Crippen MR) is 118 cm³/mol. The predicted octanol–water partition coefficient (Wildman–Crippen LogP) is 4.57. The first-order chi connectivity index (χ1) is 14.6. The van der Waals surface area contributed by atoms with Gasteiger partial charge in [0.1, 0.15) is 23.9 Å². The lowest BCUT2D eigenvalue weighted by molar-refractivity contribution is -0.114. The first kappa shape index (κ1) is 19.8. The van der Waals surface area contributed by atoms with Crippen LogP contribution in [0.1, 0.15) is 16.0 Å². The zero-order valence-corrected chi connectivity index (χ0v) is 17.1. The third-order valence-corrected chi connectivity index (χ3v) is 5.52. The van der Waals surface area contributed by atoms with E-state index in [2.05, 4.69) is 15.8 Å². The highest BCUT2D eigenvalue weighted by atomic mass is 32.1. The normalized spacial score (nSPS) is 14.1. The third-order valence-electron chi connectivity index (χ3n) is 4.64. The minimum atomic E-state index is -0.390. The quantitative estimate of drug-likeness (QED) is 0.434. The molecule has 0 radical (unpaired) electrons. The maximum Gasteiger partial charge on any atom is 0.256 e. The topological polar surface area (TPSA) is 62.7 Å². The number of nitrogens with zero attached hydrogens (tertiary/aromatic N) is 1. The van der Waals surface area contributed by atoms with Crippen LogP contribution < -0.4 is 10.7 Å². The summed E-state index contributed by atoms with van der Waals surface area (Å²) in [4.78, 5) is 13.1. The highest BCUT2D eigenvalue weighted by Crippen LogP contribution is 2.27. The van der Waals surface area contributed by atoms with Crippen LogP contribution in [-0.4, -0.2) is 24.8 Å². The van der Waals surface area contributed by atoms with Gasteiger partial charge >= 0.3 is 0 Å². The maximum atomic E-state index is 14.0. The van der Waals surface area contributed by atoms with E-state index in [1.165, 1.54) is 17.4 Å². The van der Waals surface area contributed by atoms with Gasteiger partial charge in [0.15, 0.2) is 0 Å². The number of carbonyl (C=O) groups is 1. The van der Waals surface area contributed by atoms with Gasteiger partial charge in [0, 0.05) is 10.4 Å². The van der Waals surface area contributed by atoms with Crippen molar-refractivity contribution in [3.63, 3.8) is 0 Å². The number of thiophene rings is 1. The van der Waals surface area contributed by atoms with E-state index in [0.29, 0.717) is 23.6 Å². The molecule has 1 aliphatic rings. The van der Waals surface area contributed by atoms with E-state index in [-0.39, 0.29) is 18.2 Å². The van der Waals surface area contributed by atoms with E-state index in [4.69, 9.17) is 4.74 Å². The molecule has 1 aromatic heterocycles. The van der Waals surface area contributed by atoms with Crippen molar-refractivity contribution in [3.8, 4) is 0 Å². The number of ether oxygens (including phenoxy) is 1. The molecule has 0 bridgehead atoms. The smallest absolute Gasteiger partial charge is 0.256 e. The summed E-state index contributed by atoms with van der Waals surface area (Å²) < 4.78 is 20.0. The number of nitrogens with one attached hydrogen (secondary N) is 2. The number of halogens is 1. The van der Waals surface area contributed by atoms with Gasteiger partial charge in [0.2, 0.25) is 0 Å². The zero-order chi connectivity index (χ0) is 20.9. The molecule has 0 spiro atoms. The largest absolute Gasteiger partial charge is 0.489 e. The van der Waals surface area contributed by atoms with Crippen molar-refractivity contribution in [2.24, 2.45) is 5.10 Å². The lowest BCUT2D eigenvalue weighted by Crippen LogP contribution is -2.18. The molecule has 152 valence electrons. The Morgan fingerprint density at radius 2 is 1.97 bits per heavy atom. The Kier molecular flexibility index (Phi) is 5.90. The Morgan fingerprint density at radius 3 is 2.70 bits per heavy atom. The number of amides is 1. The molecule has 3 aromatic rings. The van der Waals surface area contributed by atoms with E-state index in [1.807, 2.05) is 48.7 Å². The number of hydrogen-bond donors (Lipinski definition) is 2. The van der Waals surface area contributed by atoms with Crippen molar-refractivity contribution in [1.82, 2.24) is 5.32 Å². The number of aryl methyl sites for hydroxylation is 1. The lowest BCUT2D eigenvalue weighted by atomic mass is 10.1. The van der Waals surface area contributed by atoms with E-state index in [0.717, 1.165) is 16.0 Å². The molecule has 4 rings (SSSR count). The summed E-state index contributed by atoms with van der Waals surface area (Å²) in [5.41, 5.74) is 6.17. The molecule has 2 N–H and O–H groups in total. The van der Waals surface area contributed by atoms with Crippen LogP contribution in [0.15, 0.2) is 76.9 Å². The van der Waals surface area contributed by atoms with Crippen LogP contribution in [0.3, 0.4) is 0 Å². The summed E-state index contributed by atoms with van der Waals surface area (Å²) in [6.45, 7) is 2.46. The number of anilines is 1. The Labute approximate surface area is 177 Å². The van der Waals surface area contributed by atoms with Gasteiger partial charge < -0.3 is 10.1 Å². The molecule has 0 atom stereocenters. The van der Waals surface area contributed by atoms with Crippen LogP contribution in [0.2, 0.25) is 0 Å². The van der Waals surface area contributed by atoms with Gasteiger partial charge in [-0.05, 0) is 30.5 Å². The Morgan fingerprint density at radius 1 is 1.17 bits per heavy atom. The second-order valence-electron chi connectivity index (χ2n) is 6.76. The Bertz CT molecular complexity index is 1110. The van der Waals surface area contributed by atoms with Gasteiger partial charge in [0.25, 0.3) is 5.91 Å². The van der Waals surface area contributed by atoms with Crippen molar-refractivity contribution in [2.45, 2.75) is 6.92 Å². The average molecular weight is 421 g/mol. The summed E-state index contributed by atoms with van der Waals surface area (Å²) in [6.07, 6.45) is 0. The molecule has 5 nitrogen and oxygen atoms in total. The molecule has 30 heavy (non-hydrogen) atoms. The van der Waals surface area contributed by atoms with Gasteiger partial charge in [-0.25, -0.2) is 4.39 Å². The molecule has 0 unspecified atom stereocenters. The molecule has 7 heteroatoms. The van der Waals surface area contributed by atoms with Gasteiger partial charge in [0.05, 0.1) is 17.8 Å². The monoisotopic (exact) mass is 421 g/mol. The zero-order valence-electron chi connectivity index (χ0n) is 16.3. The van der Waals surface area contributed by atoms with Crippen molar-refractivity contribution in [3.05, 3.63) is 93.6 Å². The van der Waals surface area contributed by atoms with Crippen LogP contribution in [0.25, 0.3) is 5.57 Å². The van der Waals surface area contributed by atoms with Gasteiger partial charge in [-0.15, -0.1) is 11.3 Å². The van der Waals surface area contributed by atoms with Crippen molar-refractivity contribution in [1.29, 1.82) is 0 Å². The summed E-state index contributed by atoms with van der Waals surface area (Å²) in [6, 6.07) is 18.0. The molecule has 0 saturated heterocycles. The number of hydrogen-bond acceptors (Lipinski definition) is 5. The number of rotatable bonds is 7. The van der Waals surface area contributed by atoms with Crippen LogP contribution >= 0.6 is 11.3 Å². The van der Waals surface area contributed by atoms with E-state index in [1.54, 1.807) is 18.2 Å². The minimum Gasteiger partial charge on any atom is -0.489 e. The number of para-hydroxylation sites is 1. The highest BCUT2D eigenvalue weighted by molar-refractivity contribution is 7.11. The fourth-order valence-corrected chi connectivity index (χ4v) is 3.80. The van der Waals surface area contributed by atoms with Gasteiger partial charge in [-0.2, -0.15) is 5.10 Å². The summed E-state index contributed by atoms with van der Waals surface area (Å²) in [7, 11) is 0.